The van der Waals surface area contributed by atoms with Gasteiger partial charge in [0, 0.05) is 11.1 Å². The van der Waals surface area contributed by atoms with E-state index in [4.69, 9.17) is 4.74 Å². The van der Waals surface area contributed by atoms with Gasteiger partial charge in [-0.3, -0.25) is 0 Å². The number of esters is 1. The molecule has 4 nitrogen and oxygen atoms in total. The topological polar surface area (TPSA) is 63.6 Å². The standard InChI is InChI=1S/C22H36O4/c1-17(2)11-7-4-5-8-12-19(21(23)24)16-15-18(3)22(25)26-20-13-9-6-10-14-20/h16-17,20H,3-15H2,1-2H3,(H,23,24). The van der Waals surface area contributed by atoms with Gasteiger partial charge in [-0.25, -0.2) is 9.59 Å². The highest BCUT2D eigenvalue weighted by Gasteiger charge is 2.19. The van der Waals surface area contributed by atoms with Gasteiger partial charge in [0.1, 0.15) is 6.10 Å². The first kappa shape index (κ1) is 22.5. The van der Waals surface area contributed by atoms with Crippen molar-refractivity contribution in [3.8, 4) is 0 Å². The van der Waals surface area contributed by atoms with Crippen LogP contribution in [0.15, 0.2) is 23.8 Å². The van der Waals surface area contributed by atoms with Gasteiger partial charge in [-0.2, -0.15) is 0 Å². The molecular formula is C22H36O4. The molecule has 0 bridgehead atoms. The molecule has 1 aliphatic rings. The molecule has 148 valence electrons. The fraction of sp³-hybridized carbons (Fsp3) is 0.727. The van der Waals surface area contributed by atoms with Gasteiger partial charge in [0.15, 0.2) is 0 Å². The van der Waals surface area contributed by atoms with E-state index in [1.165, 1.54) is 19.3 Å². The van der Waals surface area contributed by atoms with Crippen LogP contribution < -0.4 is 0 Å². The van der Waals surface area contributed by atoms with E-state index in [2.05, 4.69) is 20.4 Å². The van der Waals surface area contributed by atoms with Crippen molar-refractivity contribution >= 4 is 11.9 Å². The van der Waals surface area contributed by atoms with Crippen LogP contribution in [-0.4, -0.2) is 23.1 Å². The average Bonchev–Trinajstić information content (AvgIpc) is 2.60. The lowest BCUT2D eigenvalue weighted by Crippen LogP contribution is -2.21. The van der Waals surface area contributed by atoms with Crippen LogP contribution in [-0.2, 0) is 14.3 Å². The van der Waals surface area contributed by atoms with Gasteiger partial charge in [-0.05, 0) is 50.9 Å². The summed E-state index contributed by atoms with van der Waals surface area (Å²) < 4.78 is 5.48. The Morgan fingerprint density at radius 1 is 1.12 bits per heavy atom. The molecule has 1 rings (SSSR count). The van der Waals surface area contributed by atoms with E-state index in [1.807, 2.05) is 0 Å². The Morgan fingerprint density at radius 3 is 2.38 bits per heavy atom. The highest BCUT2D eigenvalue weighted by atomic mass is 16.5. The molecule has 0 aromatic carbocycles. The summed E-state index contributed by atoms with van der Waals surface area (Å²) in [6, 6.07) is 0. The minimum absolute atomic E-state index is 0.00163. The Balaban J connectivity index is 2.33. The largest absolute Gasteiger partial charge is 0.478 e. The van der Waals surface area contributed by atoms with Gasteiger partial charge in [0.2, 0.25) is 0 Å². The first-order valence-electron chi connectivity index (χ1n) is 10.2. The number of unbranched alkanes of at least 4 members (excludes halogenated alkanes) is 3. The summed E-state index contributed by atoms with van der Waals surface area (Å²) in [5.74, 6) is -0.559. The first-order valence-corrected chi connectivity index (χ1v) is 10.2. The van der Waals surface area contributed by atoms with E-state index in [1.54, 1.807) is 6.08 Å². The highest BCUT2D eigenvalue weighted by Crippen LogP contribution is 2.22. The van der Waals surface area contributed by atoms with Crippen LogP contribution >= 0.6 is 0 Å². The Kier molecular flexibility index (Phi) is 11.0. The van der Waals surface area contributed by atoms with Gasteiger partial charge in [-0.15, -0.1) is 0 Å². The number of hydrogen-bond donors (Lipinski definition) is 1. The third-order valence-electron chi connectivity index (χ3n) is 4.96. The zero-order valence-corrected chi connectivity index (χ0v) is 16.6. The fourth-order valence-electron chi connectivity index (χ4n) is 3.27. The maximum Gasteiger partial charge on any atom is 0.333 e. The highest BCUT2D eigenvalue weighted by molar-refractivity contribution is 5.89. The second kappa shape index (κ2) is 12.7. The lowest BCUT2D eigenvalue weighted by Gasteiger charge is -2.22. The molecule has 0 radical (unpaired) electrons. The molecule has 0 aromatic rings. The minimum atomic E-state index is -0.902. The van der Waals surface area contributed by atoms with Crippen molar-refractivity contribution in [3.05, 3.63) is 23.8 Å². The van der Waals surface area contributed by atoms with E-state index in [0.717, 1.165) is 50.9 Å². The van der Waals surface area contributed by atoms with Crippen molar-refractivity contribution in [3.63, 3.8) is 0 Å². The van der Waals surface area contributed by atoms with Crippen LogP contribution in [0.5, 0.6) is 0 Å². The Bertz CT molecular complexity index is 484. The number of carbonyl (C=O) groups is 2. The number of aliphatic carboxylic acids is 1. The third kappa shape index (κ3) is 9.79. The number of rotatable bonds is 12. The zero-order valence-electron chi connectivity index (χ0n) is 16.6. The summed E-state index contributed by atoms with van der Waals surface area (Å²) in [7, 11) is 0. The SMILES string of the molecule is C=C(CC=C(CCCCCCC(C)C)C(=O)O)C(=O)OC1CCCCC1. The van der Waals surface area contributed by atoms with E-state index >= 15 is 0 Å². The Morgan fingerprint density at radius 2 is 1.77 bits per heavy atom. The quantitative estimate of drug-likeness (QED) is 0.269. The maximum absolute atomic E-state index is 12.1. The number of hydrogen-bond acceptors (Lipinski definition) is 3. The van der Waals surface area contributed by atoms with E-state index in [-0.39, 0.29) is 18.5 Å². The molecule has 0 saturated heterocycles. The van der Waals surface area contributed by atoms with Crippen molar-refractivity contribution in [1.82, 2.24) is 0 Å². The average molecular weight is 365 g/mol. The number of ether oxygens (including phenoxy) is 1. The second-order valence-corrected chi connectivity index (χ2v) is 7.85. The van der Waals surface area contributed by atoms with Gasteiger partial charge >= 0.3 is 11.9 Å². The molecule has 4 heteroatoms. The first-order chi connectivity index (χ1) is 12.4. The van der Waals surface area contributed by atoms with Crippen LogP contribution in [0.4, 0.5) is 0 Å². The molecule has 0 aliphatic heterocycles. The molecular weight excluding hydrogens is 328 g/mol. The van der Waals surface area contributed by atoms with Gasteiger partial charge in [0.05, 0.1) is 0 Å². The molecule has 26 heavy (non-hydrogen) atoms. The monoisotopic (exact) mass is 364 g/mol. The van der Waals surface area contributed by atoms with Crippen LogP contribution in [0, 0.1) is 5.92 Å². The Labute approximate surface area is 158 Å². The normalized spacial score (nSPS) is 15.9. The minimum Gasteiger partial charge on any atom is -0.478 e. The lowest BCUT2D eigenvalue weighted by molar-refractivity contribution is -0.145. The molecule has 1 fully saturated rings. The van der Waals surface area contributed by atoms with E-state index in [9.17, 15) is 14.7 Å². The number of carboxylic acid groups (broad SMARTS) is 1. The van der Waals surface area contributed by atoms with Crippen LogP contribution in [0.1, 0.15) is 90.9 Å². The van der Waals surface area contributed by atoms with Crippen molar-refractivity contribution in [2.75, 3.05) is 0 Å². The molecule has 0 heterocycles. The molecule has 0 unspecified atom stereocenters. The number of allylic oxidation sites excluding steroid dienone is 1. The maximum atomic E-state index is 12.1. The van der Waals surface area contributed by atoms with E-state index < -0.39 is 5.97 Å². The van der Waals surface area contributed by atoms with Crippen LogP contribution in [0.2, 0.25) is 0 Å². The molecule has 1 aliphatic carbocycles. The summed E-state index contributed by atoms with van der Waals surface area (Å²) >= 11 is 0. The summed E-state index contributed by atoms with van der Waals surface area (Å²) in [4.78, 5) is 23.5. The van der Waals surface area contributed by atoms with Crippen LogP contribution in [0.25, 0.3) is 0 Å². The smallest absolute Gasteiger partial charge is 0.333 e. The Hall–Kier alpha value is -1.58. The zero-order chi connectivity index (χ0) is 19.4. The van der Waals surface area contributed by atoms with Crippen molar-refractivity contribution in [2.24, 2.45) is 5.92 Å². The molecule has 1 N–H and O–H groups in total. The molecule has 0 atom stereocenters. The second-order valence-electron chi connectivity index (χ2n) is 7.85. The molecule has 0 amide bonds. The van der Waals surface area contributed by atoms with Crippen molar-refractivity contribution in [2.45, 2.75) is 97.0 Å². The third-order valence-corrected chi connectivity index (χ3v) is 4.96. The van der Waals surface area contributed by atoms with Gasteiger partial charge in [0.25, 0.3) is 0 Å². The van der Waals surface area contributed by atoms with Crippen molar-refractivity contribution < 1.29 is 19.4 Å². The van der Waals surface area contributed by atoms with Gasteiger partial charge < -0.3 is 9.84 Å². The molecule has 0 spiro atoms. The summed E-state index contributed by atoms with van der Waals surface area (Å²) in [6.45, 7) is 8.22. The predicted octanol–water partition coefficient (Wildman–Crippen LogP) is 5.82. The number of carboxylic acids is 1. The van der Waals surface area contributed by atoms with Gasteiger partial charge in [-0.1, -0.05) is 58.6 Å². The summed E-state index contributed by atoms with van der Waals surface area (Å²) in [5, 5.41) is 9.35. The van der Waals surface area contributed by atoms with E-state index in [0.29, 0.717) is 17.6 Å². The molecule has 1 saturated carbocycles. The van der Waals surface area contributed by atoms with Crippen molar-refractivity contribution in [1.29, 1.82) is 0 Å². The summed E-state index contributed by atoms with van der Waals surface area (Å²) in [6.07, 6.45) is 13.2. The molecule has 0 aromatic heterocycles. The fourth-order valence-corrected chi connectivity index (χ4v) is 3.27. The summed E-state index contributed by atoms with van der Waals surface area (Å²) in [5.41, 5.74) is 0.715. The van der Waals surface area contributed by atoms with Crippen LogP contribution in [0.3, 0.4) is 0 Å². The number of carbonyl (C=O) groups excluding carboxylic acids is 1. The predicted molar refractivity (Wildman–Crippen MR) is 105 cm³/mol. The lowest BCUT2D eigenvalue weighted by atomic mass is 9.97.